The number of primary amides is 1. The standard InChI is InChI=1S/C32H30N8O/c1-21(32(34)41)28-9-8-24(15-30(28)39-12-10-37(2)11-13-39)22-4-6-23(7-5-22)29-14-25(27-18-35-38(3)19-27)20-40-31(29)26(16-33)17-36-40/h4-9,14-15,17-20H,1,10-13H2,2-3H3,(H2,34,41). The van der Waals surface area contributed by atoms with Crippen LogP contribution < -0.4 is 10.6 Å². The number of fused-ring (bicyclic) bond motifs is 1. The fourth-order valence-corrected chi connectivity index (χ4v) is 5.40. The number of likely N-dealkylation sites (N-methyl/N-ethyl adjacent to an activating group) is 1. The number of hydrogen-bond donors (Lipinski definition) is 1. The molecule has 6 rings (SSSR count). The quantitative estimate of drug-likeness (QED) is 0.322. The highest BCUT2D eigenvalue weighted by Crippen LogP contribution is 2.35. The Kier molecular flexibility index (Phi) is 6.61. The molecule has 1 amide bonds. The van der Waals surface area contributed by atoms with Gasteiger partial charge in [0.15, 0.2) is 0 Å². The number of anilines is 1. The normalized spacial score (nSPS) is 13.8. The van der Waals surface area contributed by atoms with E-state index in [1.54, 1.807) is 15.4 Å². The van der Waals surface area contributed by atoms with Crippen LogP contribution in [0.4, 0.5) is 5.69 Å². The largest absolute Gasteiger partial charge is 0.368 e. The number of amides is 1. The van der Waals surface area contributed by atoms with E-state index in [2.05, 4.69) is 76.1 Å². The molecule has 204 valence electrons. The van der Waals surface area contributed by atoms with Crippen LogP contribution in [0.3, 0.4) is 0 Å². The molecule has 9 heteroatoms. The first-order valence-corrected chi connectivity index (χ1v) is 13.4. The summed E-state index contributed by atoms with van der Waals surface area (Å²) in [4.78, 5) is 16.6. The Hall–Kier alpha value is -5.20. The van der Waals surface area contributed by atoms with E-state index in [4.69, 9.17) is 5.73 Å². The number of nitriles is 1. The van der Waals surface area contributed by atoms with Gasteiger partial charge in [-0.05, 0) is 35.9 Å². The van der Waals surface area contributed by atoms with Gasteiger partial charge in [-0.15, -0.1) is 0 Å². The van der Waals surface area contributed by atoms with Crippen LogP contribution >= 0.6 is 0 Å². The predicted octanol–water partition coefficient (Wildman–Crippen LogP) is 4.19. The molecule has 0 atom stereocenters. The number of aromatic nitrogens is 4. The number of carbonyl (C=O) groups excluding carboxylic acids is 1. The van der Waals surface area contributed by atoms with E-state index < -0.39 is 5.91 Å². The highest BCUT2D eigenvalue weighted by molar-refractivity contribution is 6.19. The Morgan fingerprint density at radius 3 is 2.24 bits per heavy atom. The van der Waals surface area contributed by atoms with Gasteiger partial charge >= 0.3 is 0 Å². The minimum absolute atomic E-state index is 0.312. The molecule has 0 spiro atoms. The molecule has 1 aliphatic rings. The van der Waals surface area contributed by atoms with Crippen LogP contribution in [-0.4, -0.2) is 63.4 Å². The molecular formula is C32H30N8O. The van der Waals surface area contributed by atoms with Gasteiger partial charge < -0.3 is 15.5 Å². The lowest BCUT2D eigenvalue weighted by Crippen LogP contribution is -2.44. The molecule has 1 fully saturated rings. The van der Waals surface area contributed by atoms with Gasteiger partial charge in [-0.3, -0.25) is 9.48 Å². The Morgan fingerprint density at radius 1 is 0.878 bits per heavy atom. The van der Waals surface area contributed by atoms with Crippen molar-refractivity contribution in [2.75, 3.05) is 38.1 Å². The molecule has 1 saturated heterocycles. The van der Waals surface area contributed by atoms with Crippen LogP contribution in [-0.2, 0) is 11.8 Å². The molecule has 0 unspecified atom stereocenters. The molecule has 0 radical (unpaired) electrons. The third kappa shape index (κ3) is 4.86. The zero-order valence-electron chi connectivity index (χ0n) is 23.1. The molecule has 2 N–H and O–H groups in total. The van der Waals surface area contributed by atoms with Gasteiger partial charge in [-0.1, -0.05) is 43.0 Å². The number of rotatable bonds is 6. The van der Waals surface area contributed by atoms with Gasteiger partial charge in [-0.25, -0.2) is 4.52 Å². The Labute approximate surface area is 238 Å². The van der Waals surface area contributed by atoms with Crippen molar-refractivity contribution in [1.29, 1.82) is 5.26 Å². The minimum atomic E-state index is -0.520. The van der Waals surface area contributed by atoms with Gasteiger partial charge in [0.05, 0.1) is 23.5 Å². The maximum Gasteiger partial charge on any atom is 0.248 e. The van der Waals surface area contributed by atoms with E-state index in [0.29, 0.717) is 11.1 Å². The van der Waals surface area contributed by atoms with E-state index in [1.807, 2.05) is 37.8 Å². The molecule has 0 bridgehead atoms. The van der Waals surface area contributed by atoms with Crippen molar-refractivity contribution in [2.45, 2.75) is 0 Å². The molecule has 0 saturated carbocycles. The van der Waals surface area contributed by atoms with Crippen molar-refractivity contribution < 1.29 is 4.79 Å². The zero-order valence-corrected chi connectivity index (χ0v) is 23.1. The third-order valence-electron chi connectivity index (χ3n) is 7.76. The van der Waals surface area contributed by atoms with Crippen molar-refractivity contribution in [2.24, 2.45) is 12.8 Å². The summed E-state index contributed by atoms with van der Waals surface area (Å²) in [7, 11) is 4.00. The number of nitrogens with zero attached hydrogens (tertiary/aromatic N) is 7. The third-order valence-corrected chi connectivity index (χ3v) is 7.76. The van der Waals surface area contributed by atoms with Crippen LogP contribution in [0.1, 0.15) is 11.1 Å². The Balaban J connectivity index is 1.41. The minimum Gasteiger partial charge on any atom is -0.368 e. The van der Waals surface area contributed by atoms with Crippen LogP contribution in [0, 0.1) is 11.3 Å². The molecule has 2 aromatic carbocycles. The summed E-state index contributed by atoms with van der Waals surface area (Å²) in [5.74, 6) is -0.520. The van der Waals surface area contributed by atoms with E-state index in [9.17, 15) is 10.1 Å². The van der Waals surface area contributed by atoms with E-state index in [-0.39, 0.29) is 0 Å². The SMILES string of the molecule is C=C(C(N)=O)c1ccc(-c2ccc(-c3cc(-c4cnn(C)c4)cn4ncc(C#N)c34)cc2)cc1N1CCN(C)CC1. The summed E-state index contributed by atoms with van der Waals surface area (Å²) in [6, 6.07) is 18.7. The van der Waals surface area contributed by atoms with Crippen LogP contribution in [0.15, 0.2) is 79.9 Å². The van der Waals surface area contributed by atoms with E-state index in [1.165, 1.54) is 0 Å². The highest BCUT2D eigenvalue weighted by Gasteiger charge is 2.21. The summed E-state index contributed by atoms with van der Waals surface area (Å²) in [6.07, 6.45) is 7.29. The smallest absolute Gasteiger partial charge is 0.248 e. The van der Waals surface area contributed by atoms with E-state index in [0.717, 1.165) is 76.3 Å². The second-order valence-electron chi connectivity index (χ2n) is 10.5. The van der Waals surface area contributed by atoms with E-state index >= 15 is 0 Å². The zero-order chi connectivity index (χ0) is 28.7. The average molecular weight is 543 g/mol. The number of hydrogen-bond acceptors (Lipinski definition) is 6. The van der Waals surface area contributed by atoms with Crippen molar-refractivity contribution in [1.82, 2.24) is 24.3 Å². The number of nitrogens with two attached hydrogens (primary N) is 1. The highest BCUT2D eigenvalue weighted by atomic mass is 16.1. The second kappa shape index (κ2) is 10.4. The lowest BCUT2D eigenvalue weighted by molar-refractivity contribution is -0.112. The summed E-state index contributed by atoms with van der Waals surface area (Å²) in [6.45, 7) is 7.55. The monoisotopic (exact) mass is 542 g/mol. The molecule has 4 heterocycles. The number of benzene rings is 2. The van der Waals surface area contributed by atoms with Crippen molar-refractivity contribution in [3.05, 3.63) is 91.0 Å². The number of carbonyl (C=O) groups is 1. The lowest BCUT2D eigenvalue weighted by Gasteiger charge is -2.35. The molecule has 1 aliphatic heterocycles. The van der Waals surface area contributed by atoms with Crippen LogP contribution in [0.2, 0.25) is 0 Å². The van der Waals surface area contributed by atoms with Crippen molar-refractivity contribution in [3.8, 4) is 39.4 Å². The summed E-state index contributed by atoms with van der Waals surface area (Å²) < 4.78 is 3.52. The lowest BCUT2D eigenvalue weighted by atomic mass is 9.95. The first kappa shape index (κ1) is 26.0. The number of pyridine rings is 1. The molecule has 9 nitrogen and oxygen atoms in total. The summed E-state index contributed by atoms with van der Waals surface area (Å²) in [5.41, 5.74) is 14.8. The Bertz CT molecular complexity index is 1830. The second-order valence-corrected chi connectivity index (χ2v) is 10.5. The summed E-state index contributed by atoms with van der Waals surface area (Å²) >= 11 is 0. The van der Waals surface area contributed by atoms with Gasteiger partial charge in [0.25, 0.3) is 0 Å². The van der Waals surface area contributed by atoms with Gasteiger partial charge in [0.1, 0.15) is 6.07 Å². The van der Waals surface area contributed by atoms with Gasteiger partial charge in [0, 0.05) is 79.1 Å². The predicted molar refractivity (Wildman–Crippen MR) is 161 cm³/mol. The average Bonchev–Trinajstić information content (AvgIpc) is 3.62. The van der Waals surface area contributed by atoms with Crippen molar-refractivity contribution >= 4 is 22.7 Å². The summed E-state index contributed by atoms with van der Waals surface area (Å²) in [5, 5.41) is 18.5. The molecule has 0 aliphatic carbocycles. The fraction of sp³-hybridized carbons (Fsp3) is 0.188. The first-order valence-electron chi connectivity index (χ1n) is 13.4. The van der Waals surface area contributed by atoms with Crippen LogP contribution in [0.25, 0.3) is 44.5 Å². The Morgan fingerprint density at radius 2 is 1.59 bits per heavy atom. The first-order chi connectivity index (χ1) is 19.8. The van der Waals surface area contributed by atoms with Gasteiger partial charge in [-0.2, -0.15) is 15.5 Å². The van der Waals surface area contributed by atoms with Gasteiger partial charge in [0.2, 0.25) is 5.91 Å². The fourth-order valence-electron chi connectivity index (χ4n) is 5.40. The molecular weight excluding hydrogens is 512 g/mol. The number of piperazine rings is 1. The maximum atomic E-state index is 12.0. The maximum absolute atomic E-state index is 12.0. The molecule has 5 aromatic rings. The molecule has 3 aromatic heterocycles. The van der Waals surface area contributed by atoms with Crippen LogP contribution in [0.5, 0.6) is 0 Å². The topological polar surface area (TPSA) is 108 Å². The van der Waals surface area contributed by atoms with Crippen molar-refractivity contribution in [3.63, 3.8) is 0 Å². The number of aryl methyl sites for hydroxylation is 1. The molecule has 41 heavy (non-hydrogen) atoms.